The Morgan fingerprint density at radius 1 is 0.917 bits per heavy atom. The highest BCUT2D eigenvalue weighted by Gasteiger charge is 2.14. The molecular formula is C20H17NO3. The van der Waals surface area contributed by atoms with E-state index in [0.717, 1.165) is 10.8 Å². The van der Waals surface area contributed by atoms with Crippen LogP contribution in [0.15, 0.2) is 60.7 Å². The third kappa shape index (κ3) is 3.13. The first-order valence-electron chi connectivity index (χ1n) is 7.57. The van der Waals surface area contributed by atoms with E-state index in [1.807, 2.05) is 36.4 Å². The Hall–Kier alpha value is -3.14. The van der Waals surface area contributed by atoms with Gasteiger partial charge < -0.3 is 10.1 Å². The highest BCUT2D eigenvalue weighted by molar-refractivity contribution is 6.09. The van der Waals surface area contributed by atoms with Gasteiger partial charge in [-0.05, 0) is 54.1 Å². The van der Waals surface area contributed by atoms with Crippen molar-refractivity contribution in [2.24, 2.45) is 0 Å². The molecule has 0 saturated carbocycles. The third-order valence-corrected chi connectivity index (χ3v) is 3.86. The number of ether oxygens (including phenoxy) is 1. The van der Waals surface area contributed by atoms with Crippen LogP contribution in [0.1, 0.15) is 27.6 Å². The Morgan fingerprint density at radius 3 is 2.12 bits per heavy atom. The van der Waals surface area contributed by atoms with Crippen molar-refractivity contribution in [2.45, 2.75) is 6.92 Å². The topological polar surface area (TPSA) is 55.4 Å². The summed E-state index contributed by atoms with van der Waals surface area (Å²) in [7, 11) is 1.54. The van der Waals surface area contributed by atoms with Crippen LogP contribution >= 0.6 is 0 Å². The number of nitrogens with one attached hydrogen (secondary N) is 1. The van der Waals surface area contributed by atoms with Crippen LogP contribution in [0.25, 0.3) is 10.8 Å². The molecule has 4 nitrogen and oxygen atoms in total. The molecule has 0 aliphatic carbocycles. The molecule has 120 valence electrons. The Kier molecular flexibility index (Phi) is 4.29. The fourth-order valence-electron chi connectivity index (χ4n) is 2.55. The molecular weight excluding hydrogens is 302 g/mol. The summed E-state index contributed by atoms with van der Waals surface area (Å²) in [5.74, 6) is 0.254. The molecule has 0 aliphatic heterocycles. The van der Waals surface area contributed by atoms with E-state index in [9.17, 15) is 9.59 Å². The van der Waals surface area contributed by atoms with Gasteiger partial charge in [0, 0.05) is 11.3 Å². The number of benzene rings is 3. The van der Waals surface area contributed by atoms with Gasteiger partial charge in [0.1, 0.15) is 5.75 Å². The maximum absolute atomic E-state index is 12.6. The SMILES string of the molecule is COc1cc2ccccc2cc1C(=O)Nc1ccc(C(C)=O)cc1. The molecule has 1 amide bonds. The average Bonchev–Trinajstić information content (AvgIpc) is 2.61. The molecule has 1 N–H and O–H groups in total. The second kappa shape index (κ2) is 6.54. The summed E-state index contributed by atoms with van der Waals surface area (Å²) < 4.78 is 5.36. The minimum atomic E-state index is -0.256. The van der Waals surface area contributed by atoms with Gasteiger partial charge >= 0.3 is 0 Å². The molecule has 0 heterocycles. The van der Waals surface area contributed by atoms with Gasteiger partial charge in [-0.25, -0.2) is 0 Å². The van der Waals surface area contributed by atoms with Crippen molar-refractivity contribution in [1.29, 1.82) is 0 Å². The zero-order valence-electron chi connectivity index (χ0n) is 13.5. The minimum absolute atomic E-state index is 0.0101. The van der Waals surface area contributed by atoms with E-state index in [2.05, 4.69) is 5.32 Å². The summed E-state index contributed by atoms with van der Waals surface area (Å²) in [5, 5.41) is 4.81. The highest BCUT2D eigenvalue weighted by atomic mass is 16.5. The largest absolute Gasteiger partial charge is 0.496 e. The predicted octanol–water partition coefficient (Wildman–Crippen LogP) is 4.30. The van der Waals surface area contributed by atoms with Crippen molar-refractivity contribution in [2.75, 3.05) is 12.4 Å². The standard InChI is InChI=1S/C20H17NO3/c1-13(22)14-7-9-17(10-8-14)21-20(23)18-11-15-5-3-4-6-16(15)12-19(18)24-2/h3-12H,1-2H3,(H,21,23). The lowest BCUT2D eigenvalue weighted by Crippen LogP contribution is -2.13. The van der Waals surface area contributed by atoms with E-state index in [4.69, 9.17) is 4.74 Å². The van der Waals surface area contributed by atoms with Crippen LogP contribution in [0, 0.1) is 0 Å². The number of carbonyl (C=O) groups excluding carboxylic acids is 2. The number of amides is 1. The van der Waals surface area contributed by atoms with Crippen molar-refractivity contribution >= 4 is 28.2 Å². The summed E-state index contributed by atoms with van der Waals surface area (Å²) in [6.07, 6.45) is 0. The molecule has 0 aliphatic rings. The van der Waals surface area contributed by atoms with E-state index in [-0.39, 0.29) is 11.7 Å². The fourth-order valence-corrected chi connectivity index (χ4v) is 2.55. The lowest BCUT2D eigenvalue weighted by molar-refractivity contribution is 0.101. The first-order chi connectivity index (χ1) is 11.6. The second-order valence-electron chi connectivity index (χ2n) is 5.49. The number of hydrogen-bond acceptors (Lipinski definition) is 3. The van der Waals surface area contributed by atoms with Gasteiger partial charge in [-0.2, -0.15) is 0 Å². The second-order valence-corrected chi connectivity index (χ2v) is 5.49. The van der Waals surface area contributed by atoms with Crippen molar-refractivity contribution in [3.05, 3.63) is 71.8 Å². The molecule has 24 heavy (non-hydrogen) atoms. The Bertz CT molecular complexity index is 914. The van der Waals surface area contributed by atoms with E-state index < -0.39 is 0 Å². The monoisotopic (exact) mass is 319 g/mol. The van der Waals surface area contributed by atoms with Crippen molar-refractivity contribution in [3.63, 3.8) is 0 Å². The summed E-state index contributed by atoms with van der Waals surface area (Å²) in [4.78, 5) is 23.9. The molecule has 0 fully saturated rings. The van der Waals surface area contributed by atoms with Crippen molar-refractivity contribution in [3.8, 4) is 5.75 Å². The number of methoxy groups -OCH3 is 1. The molecule has 3 aromatic rings. The third-order valence-electron chi connectivity index (χ3n) is 3.86. The van der Waals surface area contributed by atoms with Crippen LogP contribution in [0.4, 0.5) is 5.69 Å². The van der Waals surface area contributed by atoms with Gasteiger partial charge in [0.05, 0.1) is 12.7 Å². The number of ketones is 1. The molecule has 0 atom stereocenters. The number of rotatable bonds is 4. The molecule has 0 saturated heterocycles. The molecule has 0 aromatic heterocycles. The van der Waals surface area contributed by atoms with Gasteiger partial charge in [-0.3, -0.25) is 9.59 Å². The molecule has 0 unspecified atom stereocenters. The van der Waals surface area contributed by atoms with Crippen molar-refractivity contribution < 1.29 is 14.3 Å². The number of fused-ring (bicyclic) bond motifs is 1. The molecule has 0 bridgehead atoms. The summed E-state index contributed by atoms with van der Waals surface area (Å²) in [5.41, 5.74) is 1.70. The van der Waals surface area contributed by atoms with Crippen LogP contribution < -0.4 is 10.1 Å². The molecule has 0 radical (unpaired) electrons. The fraction of sp³-hybridized carbons (Fsp3) is 0.100. The van der Waals surface area contributed by atoms with Crippen molar-refractivity contribution in [1.82, 2.24) is 0 Å². The molecule has 0 spiro atoms. The molecule has 3 rings (SSSR count). The Labute approximate surface area is 140 Å². The lowest BCUT2D eigenvalue weighted by Gasteiger charge is -2.11. The Morgan fingerprint density at radius 2 is 1.54 bits per heavy atom. The summed E-state index contributed by atoms with van der Waals surface area (Å²) >= 11 is 0. The quantitative estimate of drug-likeness (QED) is 0.729. The Balaban J connectivity index is 1.91. The number of hydrogen-bond donors (Lipinski definition) is 1. The van der Waals surface area contributed by atoms with Crippen LogP contribution in [0.3, 0.4) is 0 Å². The lowest BCUT2D eigenvalue weighted by atomic mass is 10.0. The van der Waals surface area contributed by atoms with Gasteiger partial charge in [0.2, 0.25) is 0 Å². The zero-order valence-corrected chi connectivity index (χ0v) is 13.5. The van der Waals surface area contributed by atoms with Crippen LogP contribution in [-0.2, 0) is 0 Å². The van der Waals surface area contributed by atoms with Crippen LogP contribution in [0.5, 0.6) is 5.75 Å². The van der Waals surface area contributed by atoms with Gasteiger partial charge in [0.15, 0.2) is 5.78 Å². The van der Waals surface area contributed by atoms with E-state index in [1.54, 1.807) is 31.4 Å². The number of anilines is 1. The van der Waals surface area contributed by atoms with Gasteiger partial charge in [-0.1, -0.05) is 24.3 Å². The van der Waals surface area contributed by atoms with Crippen LogP contribution in [0.2, 0.25) is 0 Å². The van der Waals surface area contributed by atoms with E-state index in [0.29, 0.717) is 22.6 Å². The number of carbonyl (C=O) groups is 2. The zero-order chi connectivity index (χ0) is 17.1. The normalized spacial score (nSPS) is 10.4. The first kappa shape index (κ1) is 15.7. The first-order valence-corrected chi connectivity index (χ1v) is 7.57. The molecule has 3 aromatic carbocycles. The van der Waals surface area contributed by atoms with E-state index >= 15 is 0 Å². The molecule has 4 heteroatoms. The minimum Gasteiger partial charge on any atom is -0.496 e. The van der Waals surface area contributed by atoms with Gasteiger partial charge in [-0.15, -0.1) is 0 Å². The maximum Gasteiger partial charge on any atom is 0.259 e. The highest BCUT2D eigenvalue weighted by Crippen LogP contribution is 2.26. The summed E-state index contributed by atoms with van der Waals surface area (Å²) in [6.45, 7) is 1.51. The summed E-state index contributed by atoms with van der Waals surface area (Å²) in [6, 6.07) is 18.3. The van der Waals surface area contributed by atoms with E-state index in [1.165, 1.54) is 6.92 Å². The maximum atomic E-state index is 12.6. The predicted molar refractivity (Wildman–Crippen MR) is 94.9 cm³/mol. The number of Topliss-reactive ketones (excluding diaryl/α,β-unsaturated/α-hetero) is 1. The van der Waals surface area contributed by atoms with Crippen LogP contribution in [-0.4, -0.2) is 18.8 Å². The average molecular weight is 319 g/mol. The smallest absolute Gasteiger partial charge is 0.259 e. The van der Waals surface area contributed by atoms with Gasteiger partial charge in [0.25, 0.3) is 5.91 Å².